The van der Waals surface area contributed by atoms with Crippen LogP contribution in [-0.4, -0.2) is 23.3 Å². The number of benzene rings is 3. The molecule has 0 radical (unpaired) electrons. The summed E-state index contributed by atoms with van der Waals surface area (Å²) in [7, 11) is 0. The van der Waals surface area contributed by atoms with Crippen molar-refractivity contribution in [1.29, 1.82) is 0 Å². The number of anilines is 1. The van der Waals surface area contributed by atoms with E-state index in [1.165, 1.54) is 16.0 Å². The van der Waals surface area contributed by atoms with Crippen molar-refractivity contribution in [2.45, 2.75) is 26.8 Å². The smallest absolute Gasteiger partial charge is 0.282 e. The summed E-state index contributed by atoms with van der Waals surface area (Å²) in [6.07, 6.45) is 0.854. The minimum absolute atomic E-state index is 0.239. The number of fused-ring (bicyclic) bond motifs is 1. The summed E-state index contributed by atoms with van der Waals surface area (Å²) < 4.78 is 0. The van der Waals surface area contributed by atoms with Crippen molar-refractivity contribution in [3.05, 3.63) is 106 Å². The first-order valence-corrected chi connectivity index (χ1v) is 10.6. The lowest BCUT2D eigenvalue weighted by Gasteiger charge is -2.31. The van der Waals surface area contributed by atoms with Crippen LogP contribution in [-0.2, 0) is 22.6 Å². The molecular weight excluding hydrogens is 384 g/mol. The molecule has 154 valence electrons. The first kappa shape index (κ1) is 19.3. The summed E-state index contributed by atoms with van der Waals surface area (Å²) in [4.78, 5) is 30.9. The Labute approximate surface area is 182 Å². The van der Waals surface area contributed by atoms with Gasteiger partial charge in [-0.15, -0.1) is 0 Å². The normalized spacial score (nSPS) is 16.2. The van der Waals surface area contributed by atoms with Gasteiger partial charge in [-0.05, 0) is 54.2 Å². The maximum Gasteiger partial charge on any atom is 0.282 e. The summed E-state index contributed by atoms with van der Waals surface area (Å²) in [5.74, 6) is -0.490. The number of imide groups is 1. The molecular formula is C27H24N2O2. The minimum Gasteiger partial charge on any atom is -0.362 e. The first-order chi connectivity index (χ1) is 15.1. The first-order valence-electron chi connectivity index (χ1n) is 10.6. The van der Waals surface area contributed by atoms with Crippen LogP contribution in [0.3, 0.4) is 0 Å². The Balaban J connectivity index is 1.64. The van der Waals surface area contributed by atoms with E-state index in [1.807, 2.05) is 68.4 Å². The molecule has 31 heavy (non-hydrogen) atoms. The second-order valence-electron chi connectivity index (χ2n) is 8.19. The highest BCUT2D eigenvalue weighted by Gasteiger charge is 2.43. The van der Waals surface area contributed by atoms with Crippen LogP contribution in [0.4, 0.5) is 5.69 Å². The van der Waals surface area contributed by atoms with Gasteiger partial charge in [0, 0.05) is 13.1 Å². The fraction of sp³-hybridized carbons (Fsp3) is 0.185. The monoisotopic (exact) mass is 408 g/mol. The summed E-state index contributed by atoms with van der Waals surface area (Å²) in [6, 6.07) is 23.6. The van der Waals surface area contributed by atoms with Crippen LogP contribution >= 0.6 is 0 Å². The molecule has 0 aliphatic carbocycles. The Morgan fingerprint density at radius 2 is 1.45 bits per heavy atom. The molecule has 2 aliphatic heterocycles. The molecule has 2 amide bonds. The molecule has 2 heterocycles. The lowest BCUT2D eigenvalue weighted by Crippen LogP contribution is -2.37. The van der Waals surface area contributed by atoms with Gasteiger partial charge in [-0.25, -0.2) is 4.90 Å². The van der Waals surface area contributed by atoms with Crippen LogP contribution in [0.1, 0.15) is 27.8 Å². The molecule has 3 aromatic rings. The van der Waals surface area contributed by atoms with E-state index in [-0.39, 0.29) is 11.8 Å². The van der Waals surface area contributed by atoms with E-state index in [0.717, 1.165) is 23.1 Å². The van der Waals surface area contributed by atoms with Crippen LogP contribution in [0.5, 0.6) is 0 Å². The van der Waals surface area contributed by atoms with Crippen LogP contribution in [0.25, 0.3) is 5.57 Å². The third kappa shape index (κ3) is 3.15. The van der Waals surface area contributed by atoms with Gasteiger partial charge in [0.25, 0.3) is 11.8 Å². The standard InChI is InChI=1S/C27H24N2O2/c1-18-9-8-14-23(19(18)2)29-26(30)24(21-11-4-3-5-12-21)25(27(29)31)28-16-15-20-10-6-7-13-22(20)17-28/h3-14H,15-17H2,1-2H3. The molecule has 2 aliphatic rings. The van der Waals surface area contributed by atoms with Crippen LogP contribution in [0.2, 0.25) is 0 Å². The van der Waals surface area contributed by atoms with E-state index >= 15 is 0 Å². The van der Waals surface area contributed by atoms with Crippen molar-refractivity contribution in [3.63, 3.8) is 0 Å². The van der Waals surface area contributed by atoms with Gasteiger partial charge in [0.1, 0.15) is 5.70 Å². The molecule has 3 aromatic carbocycles. The number of aryl methyl sites for hydroxylation is 1. The zero-order chi connectivity index (χ0) is 21.5. The molecule has 0 unspecified atom stereocenters. The van der Waals surface area contributed by atoms with Crippen LogP contribution in [0.15, 0.2) is 78.5 Å². The van der Waals surface area contributed by atoms with Crippen LogP contribution in [0, 0.1) is 13.8 Å². The van der Waals surface area contributed by atoms with Gasteiger partial charge >= 0.3 is 0 Å². The van der Waals surface area contributed by atoms with E-state index in [4.69, 9.17) is 0 Å². The number of nitrogens with zero attached hydrogens (tertiary/aromatic N) is 2. The van der Waals surface area contributed by atoms with Crippen molar-refractivity contribution in [3.8, 4) is 0 Å². The number of hydrogen-bond acceptors (Lipinski definition) is 3. The third-order valence-electron chi connectivity index (χ3n) is 6.39. The van der Waals surface area contributed by atoms with E-state index in [1.54, 1.807) is 0 Å². The van der Waals surface area contributed by atoms with Gasteiger partial charge in [-0.2, -0.15) is 0 Å². The van der Waals surface area contributed by atoms with E-state index < -0.39 is 0 Å². The summed E-state index contributed by atoms with van der Waals surface area (Å²) in [6.45, 7) is 5.30. The minimum atomic E-state index is -0.251. The van der Waals surface area contributed by atoms with Crippen molar-refractivity contribution in [2.24, 2.45) is 0 Å². The van der Waals surface area contributed by atoms with Crippen molar-refractivity contribution in [2.75, 3.05) is 11.4 Å². The Morgan fingerprint density at radius 3 is 2.23 bits per heavy atom. The number of carbonyl (C=O) groups is 2. The molecule has 5 rings (SSSR count). The summed E-state index contributed by atoms with van der Waals surface area (Å²) >= 11 is 0. The van der Waals surface area contributed by atoms with Gasteiger partial charge in [0.05, 0.1) is 11.3 Å². The number of carbonyl (C=O) groups excluding carboxylic acids is 2. The Morgan fingerprint density at radius 1 is 0.742 bits per heavy atom. The predicted molar refractivity (Wildman–Crippen MR) is 122 cm³/mol. The van der Waals surface area contributed by atoms with E-state index in [9.17, 15) is 9.59 Å². The largest absolute Gasteiger partial charge is 0.362 e. The van der Waals surface area contributed by atoms with Crippen molar-refractivity contribution >= 4 is 23.1 Å². The van der Waals surface area contributed by atoms with Gasteiger partial charge in [-0.1, -0.05) is 66.7 Å². The molecule has 0 spiro atoms. The number of hydrogen-bond donors (Lipinski definition) is 0. The predicted octanol–water partition coefficient (Wildman–Crippen LogP) is 4.65. The average molecular weight is 409 g/mol. The lowest BCUT2D eigenvalue weighted by atomic mass is 9.98. The Bertz CT molecular complexity index is 1230. The summed E-state index contributed by atoms with van der Waals surface area (Å²) in [5, 5.41) is 0. The number of amides is 2. The topological polar surface area (TPSA) is 40.6 Å². The zero-order valence-electron chi connectivity index (χ0n) is 17.8. The highest BCUT2D eigenvalue weighted by Crippen LogP contribution is 2.38. The highest BCUT2D eigenvalue weighted by atomic mass is 16.2. The SMILES string of the molecule is Cc1cccc(N2C(=O)C(c3ccccc3)=C(N3CCc4ccccc4C3)C2=O)c1C. The molecule has 0 N–H and O–H groups in total. The molecule has 4 heteroatoms. The molecule has 0 bridgehead atoms. The maximum absolute atomic E-state index is 13.8. The molecule has 0 saturated heterocycles. The fourth-order valence-electron chi connectivity index (χ4n) is 4.56. The second-order valence-corrected chi connectivity index (χ2v) is 8.19. The van der Waals surface area contributed by atoms with Gasteiger partial charge in [0.2, 0.25) is 0 Å². The average Bonchev–Trinajstić information content (AvgIpc) is 3.06. The molecule has 0 fully saturated rings. The molecule has 0 aromatic heterocycles. The second kappa shape index (κ2) is 7.55. The third-order valence-corrected chi connectivity index (χ3v) is 6.39. The Hall–Kier alpha value is -3.66. The van der Waals surface area contributed by atoms with Crippen molar-refractivity contribution < 1.29 is 9.59 Å². The van der Waals surface area contributed by atoms with Crippen LogP contribution < -0.4 is 4.90 Å². The Kier molecular flexibility index (Phi) is 4.70. The van der Waals surface area contributed by atoms with Crippen molar-refractivity contribution in [1.82, 2.24) is 4.90 Å². The molecule has 0 atom stereocenters. The lowest BCUT2D eigenvalue weighted by molar-refractivity contribution is -0.120. The zero-order valence-corrected chi connectivity index (χ0v) is 17.8. The van der Waals surface area contributed by atoms with E-state index in [2.05, 4.69) is 23.1 Å². The molecule has 4 nitrogen and oxygen atoms in total. The maximum atomic E-state index is 13.8. The summed E-state index contributed by atoms with van der Waals surface area (Å²) in [5.41, 5.74) is 6.96. The highest BCUT2D eigenvalue weighted by molar-refractivity contribution is 6.45. The molecule has 0 saturated carbocycles. The quantitative estimate of drug-likeness (QED) is 0.593. The van der Waals surface area contributed by atoms with Gasteiger partial charge in [-0.3, -0.25) is 9.59 Å². The fourth-order valence-corrected chi connectivity index (χ4v) is 4.56. The van der Waals surface area contributed by atoms with Gasteiger partial charge < -0.3 is 4.90 Å². The number of rotatable bonds is 3. The van der Waals surface area contributed by atoms with Gasteiger partial charge in [0.15, 0.2) is 0 Å². The van der Waals surface area contributed by atoms with E-state index in [0.29, 0.717) is 30.0 Å².